The monoisotopic (exact) mass is 270 g/mol. The lowest BCUT2D eigenvalue weighted by Crippen LogP contribution is -2.33. The SMILES string of the molecule is C=C/C(=C\C=C1/CCC1(C)c1ccc(OC)cc1)OC. The molecule has 1 atom stereocenters. The molecule has 0 spiro atoms. The van der Waals surface area contributed by atoms with Crippen molar-refractivity contribution in [1.29, 1.82) is 0 Å². The maximum atomic E-state index is 5.22. The van der Waals surface area contributed by atoms with Crippen LogP contribution in [0.4, 0.5) is 0 Å². The van der Waals surface area contributed by atoms with Gasteiger partial charge >= 0.3 is 0 Å². The lowest BCUT2D eigenvalue weighted by Gasteiger charge is -2.42. The molecule has 106 valence electrons. The average Bonchev–Trinajstić information content (AvgIpc) is 2.49. The second kappa shape index (κ2) is 6.00. The maximum Gasteiger partial charge on any atom is 0.118 e. The first-order valence-corrected chi connectivity index (χ1v) is 6.86. The van der Waals surface area contributed by atoms with Gasteiger partial charge in [-0.15, -0.1) is 0 Å². The van der Waals surface area contributed by atoms with Crippen LogP contribution in [0.25, 0.3) is 0 Å². The fraction of sp³-hybridized carbons (Fsp3) is 0.333. The quantitative estimate of drug-likeness (QED) is 0.583. The second-order valence-electron chi connectivity index (χ2n) is 5.23. The highest BCUT2D eigenvalue weighted by Crippen LogP contribution is 2.48. The van der Waals surface area contributed by atoms with Crippen molar-refractivity contribution < 1.29 is 9.47 Å². The fourth-order valence-corrected chi connectivity index (χ4v) is 2.60. The van der Waals surface area contributed by atoms with E-state index in [4.69, 9.17) is 9.47 Å². The number of allylic oxidation sites excluding steroid dienone is 4. The normalized spacial score (nSPS) is 24.1. The zero-order chi connectivity index (χ0) is 14.6. The molecular formula is C18H22O2. The maximum absolute atomic E-state index is 5.22. The summed E-state index contributed by atoms with van der Waals surface area (Å²) < 4.78 is 10.4. The Hall–Kier alpha value is -1.96. The molecule has 2 heteroatoms. The van der Waals surface area contributed by atoms with E-state index in [0.717, 1.165) is 17.9 Å². The Balaban J connectivity index is 2.23. The van der Waals surface area contributed by atoms with Gasteiger partial charge in [0.25, 0.3) is 0 Å². The van der Waals surface area contributed by atoms with Gasteiger partial charge in [-0.05, 0) is 42.7 Å². The summed E-state index contributed by atoms with van der Waals surface area (Å²) in [6.45, 7) is 6.02. The van der Waals surface area contributed by atoms with E-state index in [1.807, 2.05) is 18.2 Å². The fourth-order valence-electron chi connectivity index (χ4n) is 2.60. The van der Waals surface area contributed by atoms with E-state index < -0.39 is 0 Å². The summed E-state index contributed by atoms with van der Waals surface area (Å²) >= 11 is 0. The summed E-state index contributed by atoms with van der Waals surface area (Å²) in [6.07, 6.45) is 8.18. The Morgan fingerprint density at radius 2 is 1.95 bits per heavy atom. The zero-order valence-corrected chi connectivity index (χ0v) is 12.5. The Kier molecular flexibility index (Phi) is 4.33. The molecule has 0 heterocycles. The van der Waals surface area contributed by atoms with Crippen molar-refractivity contribution in [3.05, 3.63) is 66.0 Å². The van der Waals surface area contributed by atoms with Crippen molar-refractivity contribution in [2.24, 2.45) is 0 Å². The lowest BCUT2D eigenvalue weighted by atomic mass is 9.62. The Morgan fingerprint density at radius 3 is 2.40 bits per heavy atom. The van der Waals surface area contributed by atoms with Crippen LogP contribution in [0, 0.1) is 0 Å². The van der Waals surface area contributed by atoms with Crippen molar-refractivity contribution in [2.75, 3.05) is 14.2 Å². The highest BCUT2D eigenvalue weighted by Gasteiger charge is 2.38. The average molecular weight is 270 g/mol. The van der Waals surface area contributed by atoms with Crippen LogP contribution >= 0.6 is 0 Å². The largest absolute Gasteiger partial charge is 0.497 e. The molecule has 1 saturated carbocycles. The number of hydrogen-bond donors (Lipinski definition) is 0. The van der Waals surface area contributed by atoms with Gasteiger partial charge < -0.3 is 9.47 Å². The Labute approximate surface area is 121 Å². The van der Waals surface area contributed by atoms with Gasteiger partial charge in [0.15, 0.2) is 0 Å². The van der Waals surface area contributed by atoms with E-state index in [2.05, 4.69) is 31.7 Å². The van der Waals surface area contributed by atoms with Crippen LogP contribution in [0.15, 0.2) is 60.4 Å². The van der Waals surface area contributed by atoms with Crippen LogP contribution in [-0.2, 0) is 10.2 Å². The first kappa shape index (κ1) is 14.4. The molecule has 0 bridgehead atoms. The molecule has 1 aliphatic carbocycles. The summed E-state index contributed by atoms with van der Waals surface area (Å²) in [7, 11) is 3.35. The summed E-state index contributed by atoms with van der Waals surface area (Å²) in [5.41, 5.74) is 2.89. The highest BCUT2D eigenvalue weighted by molar-refractivity contribution is 5.44. The molecule has 20 heavy (non-hydrogen) atoms. The first-order chi connectivity index (χ1) is 9.63. The van der Waals surface area contributed by atoms with Gasteiger partial charge in [0.2, 0.25) is 0 Å². The molecule has 0 saturated heterocycles. The number of ether oxygens (including phenoxy) is 2. The van der Waals surface area contributed by atoms with Gasteiger partial charge in [-0.2, -0.15) is 0 Å². The minimum absolute atomic E-state index is 0.128. The van der Waals surface area contributed by atoms with Gasteiger partial charge in [-0.1, -0.05) is 37.3 Å². The van der Waals surface area contributed by atoms with Crippen molar-refractivity contribution in [3.8, 4) is 5.75 Å². The number of hydrogen-bond acceptors (Lipinski definition) is 2. The third-order valence-electron chi connectivity index (χ3n) is 4.22. The minimum Gasteiger partial charge on any atom is -0.497 e. The molecule has 1 aliphatic rings. The molecule has 0 radical (unpaired) electrons. The van der Waals surface area contributed by atoms with Gasteiger partial charge in [0.05, 0.1) is 14.2 Å². The number of rotatable bonds is 5. The molecule has 0 aromatic heterocycles. The molecule has 0 N–H and O–H groups in total. The van der Waals surface area contributed by atoms with E-state index in [1.165, 1.54) is 17.6 Å². The zero-order valence-electron chi connectivity index (χ0n) is 12.5. The molecule has 0 aliphatic heterocycles. The predicted octanol–water partition coefficient (Wildman–Crippen LogP) is 4.39. The van der Waals surface area contributed by atoms with Crippen molar-refractivity contribution in [1.82, 2.24) is 0 Å². The molecule has 1 aromatic carbocycles. The van der Waals surface area contributed by atoms with Gasteiger partial charge in [0.1, 0.15) is 11.5 Å². The van der Waals surface area contributed by atoms with Crippen LogP contribution < -0.4 is 4.74 Å². The summed E-state index contributed by atoms with van der Waals surface area (Å²) in [4.78, 5) is 0. The number of methoxy groups -OCH3 is 2. The van der Waals surface area contributed by atoms with E-state index in [-0.39, 0.29) is 5.41 Å². The van der Waals surface area contributed by atoms with Crippen LogP contribution in [0.3, 0.4) is 0 Å². The summed E-state index contributed by atoms with van der Waals surface area (Å²) in [5.74, 6) is 1.69. The van der Waals surface area contributed by atoms with Crippen molar-refractivity contribution >= 4 is 0 Å². The van der Waals surface area contributed by atoms with Gasteiger partial charge in [-0.25, -0.2) is 0 Å². The van der Waals surface area contributed by atoms with E-state index in [9.17, 15) is 0 Å². The molecule has 1 unspecified atom stereocenters. The van der Waals surface area contributed by atoms with Crippen molar-refractivity contribution in [2.45, 2.75) is 25.2 Å². The highest BCUT2D eigenvalue weighted by atomic mass is 16.5. The van der Waals surface area contributed by atoms with E-state index in [1.54, 1.807) is 20.3 Å². The third kappa shape index (κ3) is 2.64. The first-order valence-electron chi connectivity index (χ1n) is 6.86. The minimum atomic E-state index is 0.128. The number of benzene rings is 1. The lowest BCUT2D eigenvalue weighted by molar-refractivity contribution is 0.307. The molecule has 2 rings (SSSR count). The molecular weight excluding hydrogens is 248 g/mol. The van der Waals surface area contributed by atoms with E-state index in [0.29, 0.717) is 0 Å². The summed E-state index contributed by atoms with van der Waals surface area (Å²) in [5, 5.41) is 0. The molecule has 2 nitrogen and oxygen atoms in total. The Bertz CT molecular complexity index is 537. The van der Waals surface area contributed by atoms with Gasteiger partial charge in [-0.3, -0.25) is 0 Å². The second-order valence-corrected chi connectivity index (χ2v) is 5.23. The molecule has 1 aromatic rings. The smallest absolute Gasteiger partial charge is 0.118 e. The van der Waals surface area contributed by atoms with Crippen LogP contribution in [0.2, 0.25) is 0 Å². The molecule has 1 fully saturated rings. The topological polar surface area (TPSA) is 18.5 Å². The van der Waals surface area contributed by atoms with Gasteiger partial charge in [0, 0.05) is 5.41 Å². The third-order valence-corrected chi connectivity index (χ3v) is 4.22. The van der Waals surface area contributed by atoms with Crippen molar-refractivity contribution in [3.63, 3.8) is 0 Å². The van der Waals surface area contributed by atoms with Crippen LogP contribution in [0.5, 0.6) is 5.75 Å². The standard InChI is InChI=1S/C18H22O2/c1-5-16(19-3)9-6-15-12-13-18(15,2)14-7-10-17(20-4)11-8-14/h5-11H,1,12-13H2,2-4H3/b15-6+,16-9+. The Morgan fingerprint density at radius 1 is 1.25 bits per heavy atom. The van der Waals surface area contributed by atoms with Crippen LogP contribution in [-0.4, -0.2) is 14.2 Å². The van der Waals surface area contributed by atoms with E-state index >= 15 is 0 Å². The summed E-state index contributed by atoms with van der Waals surface area (Å²) in [6, 6.07) is 8.36. The van der Waals surface area contributed by atoms with Crippen LogP contribution in [0.1, 0.15) is 25.3 Å². The predicted molar refractivity (Wildman–Crippen MR) is 83.0 cm³/mol. The molecule has 0 amide bonds.